The smallest absolute Gasteiger partial charge is 0.410 e. The first-order valence-corrected chi connectivity index (χ1v) is 6.39. The summed E-state index contributed by atoms with van der Waals surface area (Å²) in [6, 6.07) is -0.455. The van der Waals surface area contributed by atoms with Crippen LogP contribution in [0.25, 0.3) is 0 Å². The van der Waals surface area contributed by atoms with Crippen molar-refractivity contribution < 1.29 is 18.3 Å². The van der Waals surface area contributed by atoms with E-state index in [0.29, 0.717) is 0 Å². The van der Waals surface area contributed by atoms with Gasteiger partial charge in [0.1, 0.15) is 5.60 Å². The number of hydrogen-bond acceptors (Lipinski definition) is 2. The number of ether oxygens (including phenoxy) is 1. The van der Waals surface area contributed by atoms with Gasteiger partial charge in [0.15, 0.2) is 0 Å². The first-order valence-electron chi connectivity index (χ1n) is 6.39. The van der Waals surface area contributed by atoms with Gasteiger partial charge in [0.05, 0.1) is 0 Å². The third kappa shape index (κ3) is 4.10. The van der Waals surface area contributed by atoms with E-state index in [1.807, 2.05) is 13.8 Å². The van der Waals surface area contributed by atoms with E-state index in [4.69, 9.17) is 4.74 Å². The van der Waals surface area contributed by atoms with Crippen LogP contribution in [0.5, 0.6) is 0 Å². The van der Waals surface area contributed by atoms with Crippen LogP contribution in [-0.4, -0.2) is 35.1 Å². The predicted molar refractivity (Wildman–Crippen MR) is 65.7 cm³/mol. The number of rotatable bonds is 1. The maximum atomic E-state index is 13.4. The summed E-state index contributed by atoms with van der Waals surface area (Å²) in [5.74, 6) is -2.68. The fourth-order valence-corrected chi connectivity index (χ4v) is 2.11. The van der Waals surface area contributed by atoms with Crippen LogP contribution in [0.4, 0.5) is 13.6 Å². The molecular formula is C13H23F2NO2. The molecule has 106 valence electrons. The molecule has 0 spiro atoms. The number of hydrogen-bond donors (Lipinski definition) is 0. The highest BCUT2D eigenvalue weighted by atomic mass is 19.3. The molecule has 0 radical (unpaired) electrons. The van der Waals surface area contributed by atoms with Gasteiger partial charge in [-0.15, -0.1) is 0 Å². The van der Waals surface area contributed by atoms with E-state index in [-0.39, 0.29) is 25.3 Å². The molecule has 1 saturated heterocycles. The van der Waals surface area contributed by atoms with Crippen molar-refractivity contribution in [2.24, 2.45) is 5.92 Å². The zero-order valence-electron chi connectivity index (χ0n) is 11.8. The van der Waals surface area contributed by atoms with Gasteiger partial charge in [-0.3, -0.25) is 0 Å². The normalized spacial score (nSPS) is 24.2. The summed E-state index contributed by atoms with van der Waals surface area (Å²) in [5, 5.41) is 0. The van der Waals surface area contributed by atoms with E-state index < -0.39 is 23.7 Å². The molecule has 1 heterocycles. The van der Waals surface area contributed by atoms with Crippen LogP contribution in [0.3, 0.4) is 0 Å². The Balaban J connectivity index is 2.77. The molecule has 0 aromatic rings. The van der Waals surface area contributed by atoms with Gasteiger partial charge in [-0.25, -0.2) is 13.6 Å². The monoisotopic (exact) mass is 263 g/mol. The molecule has 1 aliphatic rings. The topological polar surface area (TPSA) is 29.5 Å². The molecule has 0 saturated carbocycles. The minimum Gasteiger partial charge on any atom is -0.444 e. The van der Waals surface area contributed by atoms with Gasteiger partial charge >= 0.3 is 6.09 Å². The van der Waals surface area contributed by atoms with Crippen LogP contribution in [0, 0.1) is 5.92 Å². The second kappa shape index (κ2) is 5.02. The number of carbonyl (C=O) groups excluding carboxylic acids is 1. The lowest BCUT2D eigenvalue weighted by molar-refractivity contribution is -0.0877. The third-order valence-electron chi connectivity index (χ3n) is 3.02. The molecule has 0 bridgehead atoms. The largest absolute Gasteiger partial charge is 0.444 e. The molecule has 18 heavy (non-hydrogen) atoms. The Hall–Kier alpha value is -0.870. The van der Waals surface area contributed by atoms with Crippen molar-refractivity contribution in [3.8, 4) is 0 Å². The molecule has 3 nitrogen and oxygen atoms in total. The fourth-order valence-electron chi connectivity index (χ4n) is 2.11. The SMILES string of the molecule is CC(C)C1CC(F)(F)CCN1C(=O)OC(C)(C)C. The van der Waals surface area contributed by atoms with Crippen molar-refractivity contribution in [2.75, 3.05) is 6.54 Å². The number of alkyl halides is 2. The Labute approximate surface area is 107 Å². The van der Waals surface area contributed by atoms with Crippen LogP contribution >= 0.6 is 0 Å². The highest BCUT2D eigenvalue weighted by molar-refractivity contribution is 5.68. The van der Waals surface area contributed by atoms with E-state index in [0.717, 1.165) is 0 Å². The summed E-state index contributed by atoms with van der Waals surface area (Å²) in [7, 11) is 0. The molecule has 0 N–H and O–H groups in total. The second-order valence-corrected chi connectivity index (χ2v) is 6.30. The molecule has 1 rings (SSSR count). The molecule has 1 fully saturated rings. The van der Waals surface area contributed by atoms with Crippen molar-refractivity contribution in [1.82, 2.24) is 4.90 Å². The molecule has 0 aliphatic carbocycles. The van der Waals surface area contributed by atoms with E-state index in [9.17, 15) is 13.6 Å². The minimum atomic E-state index is -2.67. The number of likely N-dealkylation sites (tertiary alicyclic amines) is 1. The quantitative estimate of drug-likeness (QED) is 0.722. The second-order valence-electron chi connectivity index (χ2n) is 6.30. The maximum Gasteiger partial charge on any atom is 0.410 e. The molecule has 1 amide bonds. The third-order valence-corrected chi connectivity index (χ3v) is 3.02. The number of halogens is 2. The van der Waals surface area contributed by atoms with Crippen molar-refractivity contribution >= 4 is 6.09 Å². The number of amides is 1. The summed E-state index contributed by atoms with van der Waals surface area (Å²) in [6.07, 6.45) is -1.05. The van der Waals surface area contributed by atoms with E-state index in [2.05, 4.69) is 0 Å². The lowest BCUT2D eigenvalue weighted by atomic mass is 9.91. The maximum absolute atomic E-state index is 13.4. The summed E-state index contributed by atoms with van der Waals surface area (Å²) in [6.45, 7) is 9.08. The Morgan fingerprint density at radius 3 is 2.39 bits per heavy atom. The van der Waals surface area contributed by atoms with Gasteiger partial charge in [-0.05, 0) is 26.7 Å². The van der Waals surface area contributed by atoms with E-state index in [1.54, 1.807) is 20.8 Å². The van der Waals surface area contributed by atoms with Crippen molar-refractivity contribution in [3.63, 3.8) is 0 Å². The van der Waals surface area contributed by atoms with Crippen molar-refractivity contribution in [3.05, 3.63) is 0 Å². The van der Waals surface area contributed by atoms with Gasteiger partial charge in [-0.2, -0.15) is 0 Å². The number of nitrogens with zero attached hydrogens (tertiary/aromatic N) is 1. The summed E-state index contributed by atoms with van der Waals surface area (Å²) in [5.41, 5.74) is -0.599. The highest BCUT2D eigenvalue weighted by Crippen LogP contribution is 2.35. The Kier molecular flexibility index (Phi) is 4.23. The number of piperidine rings is 1. The zero-order valence-corrected chi connectivity index (χ0v) is 11.8. The van der Waals surface area contributed by atoms with Crippen LogP contribution in [0.2, 0.25) is 0 Å². The molecular weight excluding hydrogens is 240 g/mol. The van der Waals surface area contributed by atoms with Gasteiger partial charge in [0.2, 0.25) is 0 Å². The lowest BCUT2D eigenvalue weighted by Gasteiger charge is -2.41. The van der Waals surface area contributed by atoms with E-state index >= 15 is 0 Å². The number of carbonyl (C=O) groups is 1. The minimum absolute atomic E-state index is 0.0105. The van der Waals surface area contributed by atoms with Gasteiger partial charge < -0.3 is 9.64 Å². The molecule has 1 unspecified atom stereocenters. The summed E-state index contributed by atoms with van der Waals surface area (Å²) in [4.78, 5) is 13.5. The Morgan fingerprint density at radius 2 is 1.94 bits per heavy atom. The van der Waals surface area contributed by atoms with Gasteiger partial charge in [-0.1, -0.05) is 13.8 Å². The van der Waals surface area contributed by atoms with Crippen LogP contribution < -0.4 is 0 Å². The van der Waals surface area contributed by atoms with Crippen molar-refractivity contribution in [1.29, 1.82) is 0 Å². The summed E-state index contributed by atoms with van der Waals surface area (Å²) >= 11 is 0. The first kappa shape index (κ1) is 15.2. The molecule has 0 aromatic heterocycles. The molecule has 1 atom stereocenters. The van der Waals surface area contributed by atoms with Crippen LogP contribution in [-0.2, 0) is 4.74 Å². The predicted octanol–water partition coefficient (Wildman–Crippen LogP) is 3.68. The van der Waals surface area contributed by atoms with Crippen LogP contribution in [0.15, 0.2) is 0 Å². The summed E-state index contributed by atoms with van der Waals surface area (Å²) < 4.78 is 32.1. The Bertz CT molecular complexity index is 311. The highest BCUT2D eigenvalue weighted by Gasteiger charge is 2.44. The molecule has 0 aromatic carbocycles. The zero-order chi connectivity index (χ0) is 14.1. The van der Waals surface area contributed by atoms with Gasteiger partial charge in [0.25, 0.3) is 5.92 Å². The fraction of sp³-hybridized carbons (Fsp3) is 0.923. The lowest BCUT2D eigenvalue weighted by Crippen LogP contribution is -2.53. The Morgan fingerprint density at radius 1 is 1.39 bits per heavy atom. The average Bonchev–Trinajstić information content (AvgIpc) is 2.12. The first-order chi connectivity index (χ1) is 8.02. The van der Waals surface area contributed by atoms with Gasteiger partial charge in [0, 0.05) is 25.4 Å². The van der Waals surface area contributed by atoms with Crippen molar-refractivity contribution in [2.45, 2.75) is 65.0 Å². The standard InChI is InChI=1S/C13H23F2NO2/c1-9(2)10-8-13(14,15)6-7-16(10)11(17)18-12(3,4)5/h9-10H,6-8H2,1-5H3. The average molecular weight is 263 g/mol. The van der Waals surface area contributed by atoms with E-state index in [1.165, 1.54) is 4.90 Å². The van der Waals surface area contributed by atoms with Crippen LogP contribution in [0.1, 0.15) is 47.5 Å². The molecule has 1 aliphatic heterocycles. The molecule has 5 heteroatoms.